The quantitative estimate of drug-likeness (QED) is 0.490. The van der Waals surface area contributed by atoms with E-state index in [9.17, 15) is 4.79 Å². The SMILES string of the molecule is COc1cccc(OCc2csc(C(=O)NN)n2)c1. The number of methoxy groups -OCH3 is 1. The van der Waals surface area contributed by atoms with Crippen LogP contribution in [0.15, 0.2) is 29.6 Å². The van der Waals surface area contributed by atoms with E-state index in [-0.39, 0.29) is 6.61 Å². The Morgan fingerprint density at radius 2 is 2.26 bits per heavy atom. The largest absolute Gasteiger partial charge is 0.497 e. The lowest BCUT2D eigenvalue weighted by molar-refractivity contribution is 0.0953. The number of nitrogens with two attached hydrogens (primary N) is 1. The average molecular weight is 279 g/mol. The van der Waals surface area contributed by atoms with E-state index < -0.39 is 5.91 Å². The molecule has 0 aliphatic carbocycles. The van der Waals surface area contributed by atoms with E-state index in [1.54, 1.807) is 18.6 Å². The molecule has 6 nitrogen and oxygen atoms in total. The van der Waals surface area contributed by atoms with Crippen LogP contribution in [0.25, 0.3) is 0 Å². The zero-order valence-corrected chi connectivity index (χ0v) is 11.1. The highest BCUT2D eigenvalue weighted by Gasteiger charge is 2.09. The first-order chi connectivity index (χ1) is 9.22. The monoisotopic (exact) mass is 279 g/mol. The molecule has 0 radical (unpaired) electrons. The second kappa shape index (κ2) is 6.17. The van der Waals surface area contributed by atoms with Gasteiger partial charge in [0.05, 0.1) is 12.8 Å². The topological polar surface area (TPSA) is 86.5 Å². The summed E-state index contributed by atoms with van der Waals surface area (Å²) in [6, 6.07) is 7.27. The molecular formula is C12H13N3O3S. The van der Waals surface area contributed by atoms with Crippen LogP contribution in [-0.4, -0.2) is 18.0 Å². The lowest BCUT2D eigenvalue weighted by Crippen LogP contribution is -2.29. The zero-order valence-electron chi connectivity index (χ0n) is 10.3. The number of nitrogens with zero attached hydrogens (tertiary/aromatic N) is 1. The molecule has 0 bridgehead atoms. The maximum Gasteiger partial charge on any atom is 0.294 e. The van der Waals surface area contributed by atoms with E-state index >= 15 is 0 Å². The number of rotatable bonds is 5. The minimum Gasteiger partial charge on any atom is -0.497 e. The van der Waals surface area contributed by atoms with E-state index in [0.29, 0.717) is 16.5 Å². The molecule has 2 aromatic rings. The third-order valence-corrected chi connectivity index (χ3v) is 3.19. The van der Waals surface area contributed by atoms with Gasteiger partial charge in [0.25, 0.3) is 5.91 Å². The van der Waals surface area contributed by atoms with Gasteiger partial charge in [0, 0.05) is 11.4 Å². The van der Waals surface area contributed by atoms with Crippen molar-refractivity contribution < 1.29 is 14.3 Å². The van der Waals surface area contributed by atoms with Gasteiger partial charge in [-0.15, -0.1) is 11.3 Å². The number of hydrogen-bond donors (Lipinski definition) is 2. The summed E-state index contributed by atoms with van der Waals surface area (Å²) in [6.07, 6.45) is 0. The van der Waals surface area contributed by atoms with Crippen molar-refractivity contribution in [3.05, 3.63) is 40.3 Å². The highest BCUT2D eigenvalue weighted by Crippen LogP contribution is 2.20. The molecule has 3 N–H and O–H groups in total. The number of amides is 1. The number of benzene rings is 1. The highest BCUT2D eigenvalue weighted by molar-refractivity contribution is 7.11. The van der Waals surface area contributed by atoms with Crippen molar-refractivity contribution in [2.45, 2.75) is 6.61 Å². The number of aromatic nitrogens is 1. The standard InChI is InChI=1S/C12H13N3O3S/c1-17-9-3-2-4-10(5-9)18-6-8-7-19-12(14-8)11(16)15-13/h2-5,7H,6,13H2,1H3,(H,15,16). The number of ether oxygens (including phenoxy) is 2. The summed E-state index contributed by atoms with van der Waals surface area (Å²) in [7, 11) is 1.59. The van der Waals surface area contributed by atoms with Crippen LogP contribution in [0.2, 0.25) is 0 Å². The predicted molar refractivity (Wildman–Crippen MR) is 71.1 cm³/mol. The van der Waals surface area contributed by atoms with Gasteiger partial charge in [0.15, 0.2) is 5.01 Å². The van der Waals surface area contributed by atoms with E-state index in [2.05, 4.69) is 4.98 Å². The number of carbonyl (C=O) groups excluding carboxylic acids is 1. The lowest BCUT2D eigenvalue weighted by atomic mass is 10.3. The van der Waals surface area contributed by atoms with Gasteiger partial charge in [0.2, 0.25) is 0 Å². The van der Waals surface area contributed by atoms with E-state index in [0.717, 1.165) is 5.75 Å². The Balaban J connectivity index is 1.98. The number of nitrogens with one attached hydrogen (secondary N) is 1. The third-order valence-electron chi connectivity index (χ3n) is 2.31. The Morgan fingerprint density at radius 1 is 1.47 bits per heavy atom. The Bertz CT molecular complexity index is 571. The summed E-state index contributed by atoms with van der Waals surface area (Å²) < 4.78 is 10.7. The zero-order chi connectivity index (χ0) is 13.7. The third kappa shape index (κ3) is 3.43. The molecule has 0 fully saturated rings. The summed E-state index contributed by atoms with van der Waals surface area (Å²) in [4.78, 5) is 15.3. The van der Waals surface area contributed by atoms with Gasteiger partial charge >= 0.3 is 0 Å². The molecule has 0 saturated carbocycles. The molecule has 2 rings (SSSR count). The van der Waals surface area contributed by atoms with Crippen molar-refractivity contribution in [3.63, 3.8) is 0 Å². The minimum absolute atomic E-state index is 0.279. The fourth-order valence-corrected chi connectivity index (χ4v) is 2.09. The van der Waals surface area contributed by atoms with Gasteiger partial charge in [-0.25, -0.2) is 10.8 Å². The molecule has 1 heterocycles. The molecular weight excluding hydrogens is 266 g/mol. The molecule has 1 aromatic heterocycles. The molecule has 1 amide bonds. The fourth-order valence-electron chi connectivity index (χ4n) is 1.39. The first kappa shape index (κ1) is 13.3. The number of hydrogen-bond acceptors (Lipinski definition) is 6. The van der Waals surface area contributed by atoms with Gasteiger partial charge in [-0.2, -0.15) is 0 Å². The molecule has 0 saturated heterocycles. The Hall–Kier alpha value is -2.12. The van der Waals surface area contributed by atoms with Crippen LogP contribution >= 0.6 is 11.3 Å². The number of carbonyl (C=O) groups is 1. The van der Waals surface area contributed by atoms with Crippen LogP contribution in [0.4, 0.5) is 0 Å². The van der Waals surface area contributed by atoms with Crippen molar-refractivity contribution in [2.24, 2.45) is 5.84 Å². The lowest BCUT2D eigenvalue weighted by Gasteiger charge is -2.05. The number of nitrogen functional groups attached to an aromatic ring is 1. The molecule has 100 valence electrons. The second-order valence-corrected chi connectivity index (χ2v) is 4.44. The normalized spacial score (nSPS) is 10.0. The van der Waals surface area contributed by atoms with Crippen LogP contribution in [-0.2, 0) is 6.61 Å². The molecule has 0 unspecified atom stereocenters. The van der Waals surface area contributed by atoms with Crippen molar-refractivity contribution >= 4 is 17.2 Å². The van der Waals surface area contributed by atoms with Crippen molar-refractivity contribution in [1.29, 1.82) is 0 Å². The summed E-state index contributed by atoms with van der Waals surface area (Å²) in [6.45, 7) is 0.279. The molecule has 0 aliphatic rings. The van der Waals surface area contributed by atoms with Crippen LogP contribution in [0.3, 0.4) is 0 Å². The maximum atomic E-state index is 11.2. The van der Waals surface area contributed by atoms with Gasteiger partial charge in [-0.1, -0.05) is 6.07 Å². The van der Waals surface area contributed by atoms with E-state index in [1.807, 2.05) is 23.6 Å². The van der Waals surface area contributed by atoms with Crippen LogP contribution in [0.1, 0.15) is 15.5 Å². The van der Waals surface area contributed by atoms with Crippen LogP contribution < -0.4 is 20.7 Å². The summed E-state index contributed by atoms with van der Waals surface area (Å²) in [5, 5.41) is 2.07. The van der Waals surface area contributed by atoms with Gasteiger partial charge in [0.1, 0.15) is 18.1 Å². The summed E-state index contributed by atoms with van der Waals surface area (Å²) in [5.74, 6) is 6.03. The highest BCUT2D eigenvalue weighted by atomic mass is 32.1. The average Bonchev–Trinajstić information content (AvgIpc) is 2.93. The molecule has 0 aliphatic heterocycles. The minimum atomic E-state index is -0.405. The first-order valence-electron chi connectivity index (χ1n) is 5.45. The Kier molecular flexibility index (Phi) is 4.32. The maximum absolute atomic E-state index is 11.2. The van der Waals surface area contributed by atoms with Crippen molar-refractivity contribution in [2.75, 3.05) is 7.11 Å². The molecule has 7 heteroatoms. The van der Waals surface area contributed by atoms with Crippen molar-refractivity contribution in [1.82, 2.24) is 10.4 Å². The molecule has 0 atom stereocenters. The summed E-state index contributed by atoms with van der Waals surface area (Å²) >= 11 is 1.22. The van der Waals surface area contributed by atoms with Crippen molar-refractivity contribution in [3.8, 4) is 11.5 Å². The molecule has 0 spiro atoms. The Morgan fingerprint density at radius 3 is 3.00 bits per heavy atom. The van der Waals surface area contributed by atoms with Gasteiger partial charge < -0.3 is 9.47 Å². The Labute approximate surface area is 114 Å². The van der Waals surface area contributed by atoms with E-state index in [1.165, 1.54) is 11.3 Å². The van der Waals surface area contributed by atoms with Crippen LogP contribution in [0.5, 0.6) is 11.5 Å². The van der Waals surface area contributed by atoms with Gasteiger partial charge in [-0.05, 0) is 12.1 Å². The number of hydrazine groups is 1. The molecule has 1 aromatic carbocycles. The van der Waals surface area contributed by atoms with Gasteiger partial charge in [-0.3, -0.25) is 10.2 Å². The fraction of sp³-hybridized carbons (Fsp3) is 0.167. The number of thiazole rings is 1. The van der Waals surface area contributed by atoms with Crippen LogP contribution in [0, 0.1) is 0 Å². The second-order valence-electron chi connectivity index (χ2n) is 3.59. The smallest absolute Gasteiger partial charge is 0.294 e. The first-order valence-corrected chi connectivity index (χ1v) is 6.33. The summed E-state index contributed by atoms with van der Waals surface area (Å²) in [5.41, 5.74) is 2.71. The van der Waals surface area contributed by atoms with E-state index in [4.69, 9.17) is 15.3 Å². The molecule has 19 heavy (non-hydrogen) atoms. The predicted octanol–water partition coefficient (Wildman–Crippen LogP) is 1.33.